The third-order valence-corrected chi connectivity index (χ3v) is 3.48. The molecule has 1 heterocycles. The summed E-state index contributed by atoms with van der Waals surface area (Å²) in [5.41, 5.74) is 6.68. The first kappa shape index (κ1) is 15.6. The molecule has 0 bridgehead atoms. The third-order valence-electron chi connectivity index (χ3n) is 3.48. The van der Waals surface area contributed by atoms with Crippen LogP contribution in [0.2, 0.25) is 0 Å². The van der Waals surface area contributed by atoms with Gasteiger partial charge < -0.3 is 20.5 Å². The number of rotatable bonds is 6. The molecule has 1 aliphatic heterocycles. The predicted octanol–water partition coefficient (Wildman–Crippen LogP) is 1.70. The molecule has 1 aromatic carbocycles. The van der Waals surface area contributed by atoms with Gasteiger partial charge in [-0.05, 0) is 30.0 Å². The molecule has 0 saturated heterocycles. The van der Waals surface area contributed by atoms with Crippen molar-refractivity contribution >= 4 is 5.91 Å². The van der Waals surface area contributed by atoms with E-state index in [4.69, 9.17) is 15.2 Å². The fraction of sp³-hybridized carbons (Fsp3) is 0.562. The Morgan fingerprint density at radius 1 is 1.29 bits per heavy atom. The highest BCUT2D eigenvalue weighted by atomic mass is 16.6. The maximum atomic E-state index is 12.1. The molecule has 1 aromatic rings. The monoisotopic (exact) mass is 292 g/mol. The number of carbonyl (C=O) groups excluding carboxylic acids is 1. The summed E-state index contributed by atoms with van der Waals surface area (Å²) >= 11 is 0. The molecule has 3 N–H and O–H groups in total. The van der Waals surface area contributed by atoms with Crippen LogP contribution in [-0.2, 0) is 11.3 Å². The van der Waals surface area contributed by atoms with Crippen molar-refractivity contribution in [2.24, 2.45) is 17.6 Å². The Balaban J connectivity index is 1.91. The molecule has 1 unspecified atom stereocenters. The van der Waals surface area contributed by atoms with E-state index in [1.54, 1.807) is 0 Å². The molecule has 0 spiro atoms. The van der Waals surface area contributed by atoms with Crippen LogP contribution in [0.5, 0.6) is 11.5 Å². The van der Waals surface area contributed by atoms with E-state index in [2.05, 4.69) is 19.2 Å². The third kappa shape index (κ3) is 4.36. The number of nitrogens with two attached hydrogens (primary N) is 1. The molecule has 116 valence electrons. The topological polar surface area (TPSA) is 73.6 Å². The molecule has 5 nitrogen and oxygen atoms in total. The lowest BCUT2D eigenvalue weighted by molar-refractivity contribution is -0.125. The summed E-state index contributed by atoms with van der Waals surface area (Å²) in [6.45, 7) is 6.19. The predicted molar refractivity (Wildman–Crippen MR) is 81.3 cm³/mol. The van der Waals surface area contributed by atoms with E-state index in [9.17, 15) is 4.79 Å². The Morgan fingerprint density at radius 3 is 2.67 bits per heavy atom. The second-order valence-electron chi connectivity index (χ2n) is 5.76. The highest BCUT2D eigenvalue weighted by molar-refractivity contribution is 5.78. The number of carbonyl (C=O) groups is 1. The van der Waals surface area contributed by atoms with Crippen molar-refractivity contribution in [3.05, 3.63) is 23.8 Å². The van der Waals surface area contributed by atoms with Gasteiger partial charge >= 0.3 is 0 Å². The Kier molecular flexibility index (Phi) is 5.44. The molecule has 0 aromatic heterocycles. The van der Waals surface area contributed by atoms with Crippen LogP contribution >= 0.6 is 0 Å². The first-order valence-electron chi connectivity index (χ1n) is 7.46. The molecule has 0 fully saturated rings. The summed E-state index contributed by atoms with van der Waals surface area (Å²) in [6.07, 6.45) is 0.809. The summed E-state index contributed by atoms with van der Waals surface area (Å²) in [5.74, 6) is 1.85. The minimum atomic E-state index is -0.123. The average molecular weight is 292 g/mol. The standard InChI is InChI=1S/C16H24N2O3/c1-11(2)7-13(9-17)16(19)18-10-12-3-4-14-15(8-12)21-6-5-20-14/h3-4,8,11,13H,5-7,9-10,17H2,1-2H3,(H,18,19). The highest BCUT2D eigenvalue weighted by Gasteiger charge is 2.18. The van der Waals surface area contributed by atoms with Gasteiger partial charge in [0, 0.05) is 13.1 Å². The average Bonchev–Trinajstić information content (AvgIpc) is 2.49. The van der Waals surface area contributed by atoms with E-state index in [0.29, 0.717) is 32.2 Å². The second kappa shape index (κ2) is 7.31. The zero-order valence-corrected chi connectivity index (χ0v) is 12.7. The molecule has 0 aliphatic carbocycles. The molecule has 1 atom stereocenters. The van der Waals surface area contributed by atoms with Crippen LogP contribution in [-0.4, -0.2) is 25.7 Å². The summed E-state index contributed by atoms with van der Waals surface area (Å²) in [5, 5.41) is 2.95. The van der Waals surface area contributed by atoms with E-state index in [0.717, 1.165) is 23.5 Å². The van der Waals surface area contributed by atoms with Crippen LogP contribution in [0.25, 0.3) is 0 Å². The smallest absolute Gasteiger partial charge is 0.224 e. The lowest BCUT2D eigenvalue weighted by atomic mass is 9.96. The van der Waals surface area contributed by atoms with Crippen LogP contribution in [0.4, 0.5) is 0 Å². The van der Waals surface area contributed by atoms with Crippen LogP contribution in [0.3, 0.4) is 0 Å². The van der Waals surface area contributed by atoms with Crippen LogP contribution in [0.15, 0.2) is 18.2 Å². The van der Waals surface area contributed by atoms with Crippen molar-refractivity contribution in [2.45, 2.75) is 26.8 Å². The molecule has 2 rings (SSSR count). The lowest BCUT2D eigenvalue weighted by Crippen LogP contribution is -2.35. The number of hydrogen-bond donors (Lipinski definition) is 2. The molecule has 1 amide bonds. The maximum absolute atomic E-state index is 12.1. The van der Waals surface area contributed by atoms with Crippen LogP contribution in [0.1, 0.15) is 25.8 Å². The van der Waals surface area contributed by atoms with Gasteiger partial charge in [-0.3, -0.25) is 4.79 Å². The molecular weight excluding hydrogens is 268 g/mol. The fourth-order valence-corrected chi connectivity index (χ4v) is 2.41. The van der Waals surface area contributed by atoms with E-state index < -0.39 is 0 Å². The van der Waals surface area contributed by atoms with Gasteiger partial charge in [-0.1, -0.05) is 19.9 Å². The number of nitrogens with one attached hydrogen (secondary N) is 1. The summed E-state index contributed by atoms with van der Waals surface area (Å²) in [6, 6.07) is 5.73. The first-order chi connectivity index (χ1) is 10.1. The molecule has 1 aliphatic rings. The Morgan fingerprint density at radius 2 is 2.00 bits per heavy atom. The SMILES string of the molecule is CC(C)CC(CN)C(=O)NCc1ccc2c(c1)OCCO2. The molecule has 5 heteroatoms. The van der Waals surface area contributed by atoms with Gasteiger partial charge in [-0.15, -0.1) is 0 Å². The van der Waals surface area contributed by atoms with Gasteiger partial charge in [0.1, 0.15) is 13.2 Å². The van der Waals surface area contributed by atoms with Gasteiger partial charge in [-0.25, -0.2) is 0 Å². The zero-order valence-electron chi connectivity index (χ0n) is 12.7. The Labute approximate surface area is 125 Å². The number of ether oxygens (including phenoxy) is 2. The quantitative estimate of drug-likeness (QED) is 0.837. The lowest BCUT2D eigenvalue weighted by Gasteiger charge is -2.20. The minimum Gasteiger partial charge on any atom is -0.486 e. The van der Waals surface area contributed by atoms with E-state index >= 15 is 0 Å². The van der Waals surface area contributed by atoms with Crippen molar-refractivity contribution in [3.8, 4) is 11.5 Å². The Hall–Kier alpha value is -1.75. The Bertz CT molecular complexity index is 488. The fourth-order valence-electron chi connectivity index (χ4n) is 2.41. The number of amides is 1. The van der Waals surface area contributed by atoms with Crippen molar-refractivity contribution < 1.29 is 14.3 Å². The largest absolute Gasteiger partial charge is 0.486 e. The van der Waals surface area contributed by atoms with E-state index in [-0.39, 0.29) is 11.8 Å². The van der Waals surface area contributed by atoms with E-state index in [1.165, 1.54) is 0 Å². The van der Waals surface area contributed by atoms with Gasteiger partial charge in [0.2, 0.25) is 5.91 Å². The van der Waals surface area contributed by atoms with Crippen molar-refractivity contribution in [2.75, 3.05) is 19.8 Å². The second-order valence-corrected chi connectivity index (χ2v) is 5.76. The number of hydrogen-bond acceptors (Lipinski definition) is 4. The highest BCUT2D eigenvalue weighted by Crippen LogP contribution is 2.30. The number of benzene rings is 1. The van der Waals surface area contributed by atoms with Crippen LogP contribution in [0, 0.1) is 11.8 Å². The summed E-state index contributed by atoms with van der Waals surface area (Å²) in [4.78, 5) is 12.1. The van der Waals surface area contributed by atoms with Gasteiger partial charge in [-0.2, -0.15) is 0 Å². The first-order valence-corrected chi connectivity index (χ1v) is 7.46. The molecular formula is C16H24N2O3. The summed E-state index contributed by atoms with van der Waals surface area (Å²) < 4.78 is 11.0. The van der Waals surface area contributed by atoms with Crippen LogP contribution < -0.4 is 20.5 Å². The minimum absolute atomic E-state index is 0.0149. The zero-order chi connectivity index (χ0) is 15.2. The molecule has 0 saturated carbocycles. The van der Waals surface area contributed by atoms with Gasteiger partial charge in [0.25, 0.3) is 0 Å². The summed E-state index contributed by atoms with van der Waals surface area (Å²) in [7, 11) is 0. The number of fused-ring (bicyclic) bond motifs is 1. The van der Waals surface area contributed by atoms with Crippen molar-refractivity contribution in [1.82, 2.24) is 5.32 Å². The molecule has 0 radical (unpaired) electrons. The normalized spacial score (nSPS) is 14.9. The maximum Gasteiger partial charge on any atom is 0.224 e. The van der Waals surface area contributed by atoms with Gasteiger partial charge in [0.15, 0.2) is 11.5 Å². The van der Waals surface area contributed by atoms with Crippen molar-refractivity contribution in [1.29, 1.82) is 0 Å². The van der Waals surface area contributed by atoms with Crippen molar-refractivity contribution in [3.63, 3.8) is 0 Å². The van der Waals surface area contributed by atoms with E-state index in [1.807, 2.05) is 18.2 Å². The van der Waals surface area contributed by atoms with Gasteiger partial charge in [0.05, 0.1) is 5.92 Å². The molecule has 21 heavy (non-hydrogen) atoms.